The first-order valence-corrected chi connectivity index (χ1v) is 11.7. The lowest BCUT2D eigenvalue weighted by Crippen LogP contribution is -2.22. The number of rotatable bonds is 5. The zero-order chi connectivity index (χ0) is 22.3. The molecule has 0 radical (unpaired) electrons. The van der Waals surface area contributed by atoms with Crippen LogP contribution >= 0.6 is 0 Å². The Labute approximate surface area is 185 Å². The Hall–Kier alpha value is -2.86. The van der Waals surface area contributed by atoms with E-state index in [9.17, 15) is 14.1 Å². The van der Waals surface area contributed by atoms with Crippen molar-refractivity contribution < 1.29 is 14.1 Å². The maximum Gasteiger partial charge on any atom is 0.308 e. The predicted molar refractivity (Wildman–Crippen MR) is 127 cm³/mol. The number of carbonyl (C=O) groups is 1. The Morgan fingerprint density at radius 1 is 1.03 bits per heavy atom. The first kappa shape index (κ1) is 21.4. The number of aliphatic carboxylic acids is 1. The van der Waals surface area contributed by atoms with Crippen molar-refractivity contribution in [3.8, 4) is 0 Å². The van der Waals surface area contributed by atoms with Gasteiger partial charge < -0.3 is 14.7 Å². The van der Waals surface area contributed by atoms with E-state index >= 15 is 0 Å². The minimum Gasteiger partial charge on any atom is -0.481 e. The van der Waals surface area contributed by atoms with Gasteiger partial charge in [-0.05, 0) is 68.5 Å². The van der Waals surface area contributed by atoms with Crippen molar-refractivity contribution in [3.63, 3.8) is 0 Å². The number of hydrogen-bond donors (Lipinski definition) is 2. The van der Waals surface area contributed by atoms with Crippen molar-refractivity contribution in [1.29, 1.82) is 0 Å². The fraction of sp³-hybridized carbons (Fsp3) is 0.320. The van der Waals surface area contributed by atoms with E-state index < -0.39 is 17.0 Å². The Bertz CT molecular complexity index is 1180. The second kappa shape index (κ2) is 8.35. The van der Waals surface area contributed by atoms with E-state index in [1.165, 1.54) is 0 Å². The van der Waals surface area contributed by atoms with E-state index in [-0.39, 0.29) is 5.92 Å². The number of fused-ring (bicyclic) bond motifs is 1. The van der Waals surface area contributed by atoms with E-state index in [4.69, 9.17) is 0 Å². The SMILES string of the molecule is Cc1cc(C)c(C)c(S(=O)Nc2ccc(N3CCC(C(=O)O)C3)c3ccccc23)c1C. The lowest BCUT2D eigenvalue weighted by molar-refractivity contribution is -0.140. The van der Waals surface area contributed by atoms with Gasteiger partial charge in [0.2, 0.25) is 0 Å². The molecule has 162 valence electrons. The summed E-state index contributed by atoms with van der Waals surface area (Å²) in [4.78, 5) is 14.4. The molecular formula is C25H28N2O3S. The van der Waals surface area contributed by atoms with E-state index in [1.54, 1.807) is 0 Å². The van der Waals surface area contributed by atoms with Crippen LogP contribution in [0.15, 0.2) is 47.4 Å². The van der Waals surface area contributed by atoms with Crippen molar-refractivity contribution in [2.45, 2.75) is 39.0 Å². The topological polar surface area (TPSA) is 69.6 Å². The molecule has 3 aromatic rings. The maximum absolute atomic E-state index is 13.4. The fourth-order valence-electron chi connectivity index (χ4n) is 4.44. The van der Waals surface area contributed by atoms with E-state index in [2.05, 4.69) is 15.7 Å². The van der Waals surface area contributed by atoms with Crippen molar-refractivity contribution in [1.82, 2.24) is 0 Å². The average molecular weight is 437 g/mol. The third kappa shape index (κ3) is 3.92. The zero-order valence-electron chi connectivity index (χ0n) is 18.4. The Kier molecular flexibility index (Phi) is 5.75. The van der Waals surface area contributed by atoms with Crippen LogP contribution in [0.25, 0.3) is 10.8 Å². The highest BCUT2D eigenvalue weighted by Gasteiger charge is 2.29. The summed E-state index contributed by atoms with van der Waals surface area (Å²) in [7, 11) is -1.40. The number of benzene rings is 3. The maximum atomic E-state index is 13.4. The van der Waals surface area contributed by atoms with Gasteiger partial charge in [-0.1, -0.05) is 30.3 Å². The van der Waals surface area contributed by atoms with Gasteiger partial charge in [0.05, 0.1) is 16.5 Å². The first-order chi connectivity index (χ1) is 14.8. The molecule has 31 heavy (non-hydrogen) atoms. The van der Waals surface area contributed by atoms with E-state index in [0.29, 0.717) is 13.0 Å². The highest BCUT2D eigenvalue weighted by Crippen LogP contribution is 2.36. The summed E-state index contributed by atoms with van der Waals surface area (Å²) < 4.78 is 16.6. The summed E-state index contributed by atoms with van der Waals surface area (Å²) in [6.07, 6.45) is 0.652. The van der Waals surface area contributed by atoms with Gasteiger partial charge in [-0.25, -0.2) is 4.21 Å². The Morgan fingerprint density at radius 2 is 1.68 bits per heavy atom. The van der Waals surface area contributed by atoms with E-state index in [1.807, 2.05) is 64.1 Å². The molecule has 6 heteroatoms. The minimum absolute atomic E-state index is 0.334. The molecule has 2 N–H and O–H groups in total. The molecule has 4 rings (SSSR count). The van der Waals surface area contributed by atoms with Gasteiger partial charge in [0.25, 0.3) is 0 Å². The number of aryl methyl sites for hydroxylation is 2. The standard InChI is InChI=1S/C25H28N2O3S/c1-15-13-16(2)18(4)24(17(15)3)31(30)26-22-9-10-23(21-8-6-5-7-20(21)22)27-12-11-19(14-27)25(28)29/h5-10,13,19,26H,11-12,14H2,1-4H3,(H,28,29). The highest BCUT2D eigenvalue weighted by atomic mass is 32.2. The molecule has 1 saturated heterocycles. The van der Waals surface area contributed by atoms with Gasteiger partial charge >= 0.3 is 5.97 Å². The summed E-state index contributed by atoms with van der Waals surface area (Å²) in [5.74, 6) is -1.07. The lowest BCUT2D eigenvalue weighted by Gasteiger charge is -2.22. The van der Waals surface area contributed by atoms with Gasteiger partial charge in [-0.2, -0.15) is 0 Å². The molecule has 1 aliphatic rings. The monoisotopic (exact) mass is 436 g/mol. The number of anilines is 2. The summed E-state index contributed by atoms with van der Waals surface area (Å²) >= 11 is 0. The quantitative estimate of drug-likeness (QED) is 0.582. The summed E-state index contributed by atoms with van der Waals surface area (Å²) in [6.45, 7) is 9.37. The third-order valence-electron chi connectivity index (χ3n) is 6.46. The van der Waals surface area contributed by atoms with Crippen LogP contribution in [0, 0.1) is 33.6 Å². The number of carboxylic acids is 1. The van der Waals surface area contributed by atoms with Crippen molar-refractivity contribution in [3.05, 3.63) is 64.7 Å². The minimum atomic E-state index is -1.40. The van der Waals surface area contributed by atoms with Crippen LogP contribution in [-0.2, 0) is 15.8 Å². The molecule has 0 bridgehead atoms. The molecule has 2 atom stereocenters. The van der Waals surface area contributed by atoms with Gasteiger partial charge in [0, 0.05) is 29.5 Å². The van der Waals surface area contributed by atoms with Crippen LogP contribution in [0.3, 0.4) is 0 Å². The Morgan fingerprint density at radius 3 is 2.29 bits per heavy atom. The predicted octanol–water partition coefficient (Wildman–Crippen LogP) is 5.12. The molecular weight excluding hydrogens is 408 g/mol. The highest BCUT2D eigenvalue weighted by molar-refractivity contribution is 7.86. The Balaban J connectivity index is 1.71. The second-order valence-electron chi connectivity index (χ2n) is 8.41. The van der Waals surface area contributed by atoms with Crippen LogP contribution in [0.1, 0.15) is 28.7 Å². The molecule has 1 aliphatic heterocycles. The molecule has 2 unspecified atom stereocenters. The first-order valence-electron chi connectivity index (χ1n) is 10.5. The van der Waals surface area contributed by atoms with Gasteiger partial charge in [0.1, 0.15) is 0 Å². The van der Waals surface area contributed by atoms with Gasteiger partial charge in [-0.3, -0.25) is 4.79 Å². The number of carboxylic acid groups (broad SMARTS) is 1. The second-order valence-corrected chi connectivity index (χ2v) is 9.56. The summed E-state index contributed by atoms with van der Waals surface area (Å²) in [5, 5.41) is 11.4. The normalized spacial score (nSPS) is 17.2. The molecule has 5 nitrogen and oxygen atoms in total. The van der Waals surface area contributed by atoms with Gasteiger partial charge in [0.15, 0.2) is 11.0 Å². The van der Waals surface area contributed by atoms with Crippen LogP contribution < -0.4 is 9.62 Å². The molecule has 1 fully saturated rings. The van der Waals surface area contributed by atoms with Gasteiger partial charge in [-0.15, -0.1) is 0 Å². The molecule has 0 aliphatic carbocycles. The zero-order valence-corrected chi connectivity index (χ0v) is 19.2. The lowest BCUT2D eigenvalue weighted by atomic mass is 10.0. The van der Waals surface area contributed by atoms with Crippen LogP contribution in [0.4, 0.5) is 11.4 Å². The fourth-order valence-corrected chi connectivity index (χ4v) is 5.80. The average Bonchev–Trinajstić information content (AvgIpc) is 3.23. The van der Waals surface area contributed by atoms with Crippen molar-refractivity contribution >= 4 is 39.1 Å². The molecule has 3 aromatic carbocycles. The number of nitrogens with one attached hydrogen (secondary N) is 1. The molecule has 0 aromatic heterocycles. The summed E-state index contributed by atoms with van der Waals surface area (Å²) in [6, 6.07) is 14.1. The largest absolute Gasteiger partial charge is 0.481 e. The van der Waals surface area contributed by atoms with Crippen LogP contribution in [-0.4, -0.2) is 28.4 Å². The molecule has 1 heterocycles. The smallest absolute Gasteiger partial charge is 0.308 e. The van der Waals surface area contributed by atoms with Crippen LogP contribution in [0.2, 0.25) is 0 Å². The van der Waals surface area contributed by atoms with E-state index in [0.717, 1.165) is 55.8 Å². The van der Waals surface area contributed by atoms with Crippen molar-refractivity contribution in [2.24, 2.45) is 5.92 Å². The number of hydrogen-bond acceptors (Lipinski definition) is 3. The van der Waals surface area contributed by atoms with Crippen LogP contribution in [0.5, 0.6) is 0 Å². The summed E-state index contributed by atoms with van der Waals surface area (Å²) in [5.41, 5.74) is 6.20. The van der Waals surface area contributed by atoms with Crippen molar-refractivity contribution in [2.75, 3.05) is 22.7 Å². The number of nitrogens with zero attached hydrogens (tertiary/aromatic N) is 1. The molecule has 0 spiro atoms. The molecule has 0 amide bonds. The third-order valence-corrected chi connectivity index (χ3v) is 7.85. The molecule has 0 saturated carbocycles.